The van der Waals surface area contributed by atoms with E-state index in [9.17, 15) is 4.79 Å². The number of carboxylic acids is 1. The highest BCUT2D eigenvalue weighted by atomic mass is 16.4. The molecule has 100 valence electrons. The zero-order valence-electron chi connectivity index (χ0n) is 10.9. The average molecular weight is 267 g/mol. The van der Waals surface area contributed by atoms with E-state index in [1.165, 1.54) is 0 Å². The lowest BCUT2D eigenvalue weighted by molar-refractivity contribution is 0.0697. The maximum Gasteiger partial charge on any atom is 0.335 e. The zero-order chi connectivity index (χ0) is 14.1. The Morgan fingerprint density at radius 3 is 2.95 bits per heavy atom. The number of nitrogens with zero attached hydrogens (tertiary/aromatic N) is 3. The van der Waals surface area contributed by atoms with Gasteiger partial charge in [0.05, 0.1) is 17.3 Å². The number of fused-ring (bicyclic) bond motifs is 1. The van der Waals surface area contributed by atoms with Crippen LogP contribution < -0.4 is 0 Å². The first-order valence-electron chi connectivity index (χ1n) is 6.34. The van der Waals surface area contributed by atoms with Crippen LogP contribution in [-0.4, -0.2) is 25.6 Å². The molecule has 0 unspecified atom stereocenters. The number of aryl methyl sites for hydroxylation is 1. The molecular formula is C15H13N3O2. The highest BCUT2D eigenvalue weighted by Crippen LogP contribution is 2.24. The number of imidazole rings is 1. The average Bonchev–Trinajstić information content (AvgIpc) is 2.86. The largest absolute Gasteiger partial charge is 0.478 e. The predicted octanol–water partition coefficient (Wildman–Crippen LogP) is 2.82. The smallest absolute Gasteiger partial charge is 0.335 e. The van der Waals surface area contributed by atoms with E-state index in [1.54, 1.807) is 30.6 Å². The minimum atomic E-state index is -0.937. The molecule has 0 atom stereocenters. The fraction of sp³-hybridized carbons (Fsp3) is 0.133. The van der Waals surface area contributed by atoms with Gasteiger partial charge in [0, 0.05) is 18.3 Å². The van der Waals surface area contributed by atoms with E-state index in [0.29, 0.717) is 0 Å². The van der Waals surface area contributed by atoms with Crippen molar-refractivity contribution >= 4 is 17.0 Å². The first kappa shape index (κ1) is 12.3. The van der Waals surface area contributed by atoms with Crippen LogP contribution >= 0.6 is 0 Å². The number of hydrogen-bond donors (Lipinski definition) is 1. The maximum atomic E-state index is 11.1. The van der Waals surface area contributed by atoms with Crippen LogP contribution in [0.4, 0.5) is 0 Å². The van der Waals surface area contributed by atoms with Gasteiger partial charge in [0.1, 0.15) is 11.3 Å². The number of benzene rings is 1. The van der Waals surface area contributed by atoms with Crippen LogP contribution in [0.25, 0.3) is 22.4 Å². The van der Waals surface area contributed by atoms with Crippen LogP contribution in [0.3, 0.4) is 0 Å². The van der Waals surface area contributed by atoms with Gasteiger partial charge in [-0.1, -0.05) is 12.1 Å². The summed E-state index contributed by atoms with van der Waals surface area (Å²) in [7, 11) is 0. The Labute approximate surface area is 115 Å². The predicted molar refractivity (Wildman–Crippen MR) is 75.6 cm³/mol. The fourth-order valence-corrected chi connectivity index (χ4v) is 2.31. The number of rotatable bonds is 3. The second-order valence-corrected chi connectivity index (χ2v) is 4.43. The Balaban J connectivity index is 2.23. The quantitative estimate of drug-likeness (QED) is 0.792. The van der Waals surface area contributed by atoms with Gasteiger partial charge < -0.3 is 9.67 Å². The monoisotopic (exact) mass is 267 g/mol. The lowest BCUT2D eigenvalue weighted by atomic mass is 10.1. The molecule has 20 heavy (non-hydrogen) atoms. The Bertz CT molecular complexity index is 793. The molecule has 5 heteroatoms. The first-order chi connectivity index (χ1) is 9.70. The van der Waals surface area contributed by atoms with Gasteiger partial charge in [0.2, 0.25) is 0 Å². The van der Waals surface area contributed by atoms with Gasteiger partial charge in [0.15, 0.2) is 0 Å². The molecule has 0 fully saturated rings. The molecule has 0 radical (unpaired) electrons. The van der Waals surface area contributed by atoms with Crippen LogP contribution in [0.2, 0.25) is 0 Å². The van der Waals surface area contributed by atoms with E-state index in [4.69, 9.17) is 5.11 Å². The standard InChI is InChI=1S/C15H13N3O2/c1-2-18-13-6-7-16-9-12(13)17-14(18)10-4-3-5-11(8-10)15(19)20/h3-9H,2H2,1H3,(H,19,20). The maximum absolute atomic E-state index is 11.1. The Morgan fingerprint density at radius 1 is 1.35 bits per heavy atom. The van der Waals surface area contributed by atoms with Gasteiger partial charge >= 0.3 is 5.97 Å². The van der Waals surface area contributed by atoms with E-state index in [0.717, 1.165) is 29.0 Å². The molecule has 2 heterocycles. The van der Waals surface area contributed by atoms with Gasteiger partial charge in [-0.2, -0.15) is 0 Å². The molecule has 0 amide bonds. The molecule has 5 nitrogen and oxygen atoms in total. The van der Waals surface area contributed by atoms with E-state index in [-0.39, 0.29) is 5.56 Å². The SMILES string of the molecule is CCn1c(-c2cccc(C(=O)O)c2)nc2cnccc21. The van der Waals surface area contributed by atoms with Crippen LogP contribution in [0, 0.1) is 0 Å². The number of carbonyl (C=O) groups is 1. The molecule has 3 rings (SSSR count). The second kappa shape index (κ2) is 4.77. The van der Waals surface area contributed by atoms with E-state index < -0.39 is 5.97 Å². The minimum absolute atomic E-state index is 0.260. The highest BCUT2D eigenvalue weighted by Gasteiger charge is 2.13. The summed E-state index contributed by atoms with van der Waals surface area (Å²) >= 11 is 0. The molecule has 1 aromatic carbocycles. The molecule has 0 saturated heterocycles. The fourth-order valence-electron chi connectivity index (χ4n) is 2.31. The minimum Gasteiger partial charge on any atom is -0.478 e. The van der Waals surface area contributed by atoms with Gasteiger partial charge in [-0.05, 0) is 25.1 Å². The zero-order valence-corrected chi connectivity index (χ0v) is 10.9. The van der Waals surface area contributed by atoms with Crippen molar-refractivity contribution in [1.82, 2.24) is 14.5 Å². The Morgan fingerprint density at radius 2 is 2.20 bits per heavy atom. The molecule has 1 N–H and O–H groups in total. The number of hydrogen-bond acceptors (Lipinski definition) is 3. The van der Waals surface area contributed by atoms with Crippen LogP contribution in [0.1, 0.15) is 17.3 Å². The summed E-state index contributed by atoms with van der Waals surface area (Å²) in [4.78, 5) is 19.7. The lowest BCUT2D eigenvalue weighted by Crippen LogP contribution is -2.00. The van der Waals surface area contributed by atoms with Crippen molar-refractivity contribution < 1.29 is 9.90 Å². The molecule has 0 aliphatic rings. The third-order valence-corrected chi connectivity index (χ3v) is 3.23. The lowest BCUT2D eigenvalue weighted by Gasteiger charge is -2.06. The number of carboxylic acid groups (broad SMARTS) is 1. The van der Waals surface area contributed by atoms with Gasteiger partial charge in [-0.3, -0.25) is 4.98 Å². The van der Waals surface area contributed by atoms with Crippen molar-refractivity contribution in [2.75, 3.05) is 0 Å². The van der Waals surface area contributed by atoms with Gasteiger partial charge in [0.25, 0.3) is 0 Å². The molecular weight excluding hydrogens is 254 g/mol. The number of aromatic nitrogens is 3. The van der Waals surface area contributed by atoms with Crippen molar-refractivity contribution in [1.29, 1.82) is 0 Å². The summed E-state index contributed by atoms with van der Waals surface area (Å²) in [6.07, 6.45) is 3.44. The normalized spacial score (nSPS) is 10.8. The van der Waals surface area contributed by atoms with Crippen LogP contribution in [0.5, 0.6) is 0 Å². The van der Waals surface area contributed by atoms with Crippen molar-refractivity contribution in [3.63, 3.8) is 0 Å². The summed E-state index contributed by atoms with van der Waals surface area (Å²) in [5.41, 5.74) is 2.86. The Kier molecular flexibility index (Phi) is 2.95. The molecule has 3 aromatic rings. The highest BCUT2D eigenvalue weighted by molar-refractivity contribution is 5.89. The summed E-state index contributed by atoms with van der Waals surface area (Å²) in [6, 6.07) is 8.73. The molecule has 2 aromatic heterocycles. The summed E-state index contributed by atoms with van der Waals surface area (Å²) in [6.45, 7) is 2.79. The van der Waals surface area contributed by atoms with Gasteiger partial charge in [-0.25, -0.2) is 9.78 Å². The number of pyridine rings is 1. The van der Waals surface area contributed by atoms with Crippen molar-refractivity contribution in [3.05, 3.63) is 48.3 Å². The summed E-state index contributed by atoms with van der Waals surface area (Å²) < 4.78 is 2.05. The van der Waals surface area contributed by atoms with Crippen molar-refractivity contribution in [2.45, 2.75) is 13.5 Å². The topological polar surface area (TPSA) is 68.0 Å². The molecule has 0 aliphatic heterocycles. The summed E-state index contributed by atoms with van der Waals surface area (Å²) in [5, 5.41) is 9.09. The second-order valence-electron chi connectivity index (χ2n) is 4.43. The number of aromatic carboxylic acids is 1. The van der Waals surface area contributed by atoms with Crippen LogP contribution in [0.15, 0.2) is 42.7 Å². The third-order valence-electron chi connectivity index (χ3n) is 3.23. The van der Waals surface area contributed by atoms with E-state index in [2.05, 4.69) is 14.5 Å². The summed E-state index contributed by atoms with van der Waals surface area (Å²) in [5.74, 6) is -0.175. The van der Waals surface area contributed by atoms with Crippen LogP contribution in [-0.2, 0) is 6.54 Å². The third kappa shape index (κ3) is 1.93. The molecule has 0 bridgehead atoms. The van der Waals surface area contributed by atoms with Crippen molar-refractivity contribution in [2.24, 2.45) is 0 Å². The molecule has 0 saturated carbocycles. The molecule has 0 aliphatic carbocycles. The first-order valence-corrected chi connectivity index (χ1v) is 6.34. The Hall–Kier alpha value is -2.69. The van der Waals surface area contributed by atoms with Gasteiger partial charge in [-0.15, -0.1) is 0 Å². The molecule has 0 spiro atoms. The van der Waals surface area contributed by atoms with E-state index >= 15 is 0 Å². The van der Waals surface area contributed by atoms with E-state index in [1.807, 2.05) is 19.1 Å². The van der Waals surface area contributed by atoms with Crippen molar-refractivity contribution in [3.8, 4) is 11.4 Å².